The number of fused-ring (bicyclic) bond motifs is 2. The maximum Gasteiger partial charge on any atom is 0.222 e. The van der Waals surface area contributed by atoms with Crippen molar-refractivity contribution in [2.45, 2.75) is 23.9 Å². The van der Waals surface area contributed by atoms with Gasteiger partial charge < -0.3 is 0 Å². The first-order valence-corrected chi connectivity index (χ1v) is 15.1. The van der Waals surface area contributed by atoms with Crippen molar-refractivity contribution in [1.82, 2.24) is 29.9 Å². The van der Waals surface area contributed by atoms with Gasteiger partial charge in [-0.25, -0.2) is 29.9 Å². The predicted octanol–water partition coefficient (Wildman–Crippen LogP) is 7.17. The highest BCUT2D eigenvalue weighted by Crippen LogP contribution is 2.32. The molecule has 4 heterocycles. The van der Waals surface area contributed by atoms with Crippen molar-refractivity contribution in [3.63, 3.8) is 0 Å². The first-order valence-electron chi connectivity index (χ1n) is 11.9. The van der Waals surface area contributed by atoms with E-state index in [2.05, 4.69) is 42.0 Å². The standard InChI is InChI=1S/C14H9ClN4S.C14H10N4S2/c1-8-6-11(19-14(15)17-8)9(7-16)13-18-10-4-2-3-5-12(10)20-13;1-19-14-16-7-6-10(18-14)9(8-15)13-17-11-4-2-3-5-12(11)20-13/h2-6,9H,1H3;2-7,9H,1H3. The van der Waals surface area contributed by atoms with Crippen LogP contribution in [0.4, 0.5) is 0 Å². The molecule has 0 spiro atoms. The van der Waals surface area contributed by atoms with E-state index in [1.54, 1.807) is 18.3 Å². The number of aryl methyl sites for hydroxylation is 1. The van der Waals surface area contributed by atoms with Gasteiger partial charge in [0.05, 0.1) is 44.0 Å². The van der Waals surface area contributed by atoms with E-state index in [-0.39, 0.29) is 5.28 Å². The third-order valence-corrected chi connectivity index (χ3v) is 8.58. The molecule has 6 rings (SSSR count). The molecule has 2 atom stereocenters. The Labute approximate surface area is 247 Å². The van der Waals surface area contributed by atoms with Crippen LogP contribution < -0.4 is 0 Å². The Hall–Kier alpha value is -4.00. The number of benzene rings is 2. The largest absolute Gasteiger partial charge is 0.239 e. The van der Waals surface area contributed by atoms with Gasteiger partial charge in [-0.1, -0.05) is 36.0 Å². The van der Waals surface area contributed by atoms with Gasteiger partial charge in [0.15, 0.2) is 5.16 Å². The van der Waals surface area contributed by atoms with Crippen molar-refractivity contribution in [3.05, 3.63) is 99.2 Å². The number of rotatable bonds is 5. The molecule has 8 nitrogen and oxygen atoms in total. The molecule has 4 aromatic heterocycles. The summed E-state index contributed by atoms with van der Waals surface area (Å²) in [5, 5.41) is 21.3. The van der Waals surface area contributed by atoms with Crippen LogP contribution >= 0.6 is 46.0 Å². The zero-order valence-corrected chi connectivity index (χ0v) is 24.4. The van der Waals surface area contributed by atoms with Crippen LogP contribution in [0.1, 0.15) is 38.9 Å². The number of aromatic nitrogens is 6. The van der Waals surface area contributed by atoms with Crippen LogP contribution in [0, 0.1) is 29.6 Å². The van der Waals surface area contributed by atoms with Gasteiger partial charge in [0.2, 0.25) is 5.28 Å². The molecule has 0 amide bonds. The lowest BCUT2D eigenvalue weighted by Gasteiger charge is -2.06. The minimum absolute atomic E-state index is 0.154. The molecule has 40 heavy (non-hydrogen) atoms. The second-order valence-corrected chi connectivity index (χ2v) is 11.6. The SMILES string of the molecule is CSc1nccc(C(C#N)c2nc3ccccc3s2)n1.Cc1cc(C(C#N)c2nc3ccccc3s2)nc(Cl)n1. The normalized spacial score (nSPS) is 12.2. The monoisotopic (exact) mass is 598 g/mol. The molecule has 2 aromatic carbocycles. The van der Waals surface area contributed by atoms with Crippen LogP contribution in [0.5, 0.6) is 0 Å². The zero-order valence-electron chi connectivity index (χ0n) is 21.2. The minimum atomic E-state index is -0.522. The number of nitrogens with zero attached hydrogens (tertiary/aromatic N) is 8. The predicted molar refractivity (Wildman–Crippen MR) is 160 cm³/mol. The Morgan fingerprint density at radius 1 is 0.775 bits per heavy atom. The fourth-order valence-electron chi connectivity index (χ4n) is 3.84. The summed E-state index contributed by atoms with van der Waals surface area (Å²) in [4.78, 5) is 25.8. The zero-order chi connectivity index (χ0) is 28.1. The Morgan fingerprint density at radius 2 is 1.35 bits per heavy atom. The molecule has 0 aliphatic rings. The van der Waals surface area contributed by atoms with Gasteiger partial charge in [-0.05, 0) is 61.2 Å². The molecule has 0 aliphatic heterocycles. The summed E-state index contributed by atoms with van der Waals surface area (Å²) < 4.78 is 2.14. The maximum absolute atomic E-state index is 9.47. The van der Waals surface area contributed by atoms with Crippen LogP contribution in [0.15, 0.2) is 72.0 Å². The third-order valence-electron chi connectivity index (χ3n) is 5.65. The van der Waals surface area contributed by atoms with E-state index in [1.165, 1.54) is 34.4 Å². The van der Waals surface area contributed by atoms with Gasteiger partial charge in [-0.15, -0.1) is 22.7 Å². The Balaban J connectivity index is 0.000000161. The Kier molecular flexibility index (Phi) is 8.58. The fourth-order valence-corrected chi connectivity index (χ4v) is 6.48. The van der Waals surface area contributed by atoms with Gasteiger partial charge in [0.1, 0.15) is 21.9 Å². The van der Waals surface area contributed by atoms with Crippen LogP contribution in [-0.4, -0.2) is 36.2 Å². The Morgan fingerprint density at radius 3 is 1.88 bits per heavy atom. The van der Waals surface area contributed by atoms with Gasteiger partial charge in [-0.2, -0.15) is 10.5 Å². The van der Waals surface area contributed by atoms with Crippen LogP contribution in [-0.2, 0) is 0 Å². The summed E-state index contributed by atoms with van der Waals surface area (Å²) >= 11 is 10.4. The van der Waals surface area contributed by atoms with Crippen molar-refractivity contribution < 1.29 is 0 Å². The number of thiazole rings is 2. The molecule has 0 bridgehead atoms. The van der Waals surface area contributed by atoms with E-state index in [4.69, 9.17) is 11.6 Å². The highest BCUT2D eigenvalue weighted by molar-refractivity contribution is 7.98. The molecule has 0 saturated heterocycles. The lowest BCUT2D eigenvalue weighted by atomic mass is 10.1. The first-order chi connectivity index (χ1) is 19.5. The summed E-state index contributed by atoms with van der Waals surface area (Å²) in [6.07, 6.45) is 3.60. The lowest BCUT2D eigenvalue weighted by molar-refractivity contribution is 0.861. The Bertz CT molecular complexity index is 1800. The quantitative estimate of drug-likeness (QED) is 0.150. The number of hydrogen-bond acceptors (Lipinski definition) is 11. The van der Waals surface area contributed by atoms with E-state index in [0.29, 0.717) is 16.5 Å². The topological polar surface area (TPSA) is 125 Å². The molecule has 6 aromatic rings. The van der Waals surface area contributed by atoms with Crippen molar-refractivity contribution in [2.75, 3.05) is 6.26 Å². The summed E-state index contributed by atoms with van der Waals surface area (Å²) in [5.74, 6) is -0.965. The summed E-state index contributed by atoms with van der Waals surface area (Å²) in [6.45, 7) is 1.82. The lowest BCUT2D eigenvalue weighted by Crippen LogP contribution is -2.03. The third kappa shape index (κ3) is 6.09. The molecule has 0 aliphatic carbocycles. The van der Waals surface area contributed by atoms with Crippen molar-refractivity contribution >= 4 is 66.5 Å². The molecule has 0 radical (unpaired) electrons. The minimum Gasteiger partial charge on any atom is -0.239 e. The number of thioether (sulfide) groups is 1. The average Bonchev–Trinajstić information content (AvgIpc) is 3.58. The summed E-state index contributed by atoms with van der Waals surface area (Å²) in [5.41, 5.74) is 3.84. The molecular formula is C28H19ClN8S3. The average molecular weight is 599 g/mol. The molecule has 0 fully saturated rings. The van der Waals surface area contributed by atoms with Crippen LogP contribution in [0.3, 0.4) is 0 Å². The smallest absolute Gasteiger partial charge is 0.222 e. The van der Waals surface area contributed by atoms with Crippen LogP contribution in [0.2, 0.25) is 5.28 Å². The van der Waals surface area contributed by atoms with Crippen molar-refractivity contribution in [2.24, 2.45) is 0 Å². The van der Waals surface area contributed by atoms with E-state index in [1.807, 2.05) is 61.7 Å². The molecule has 0 N–H and O–H groups in total. The summed E-state index contributed by atoms with van der Waals surface area (Å²) in [6, 6.07) is 23.8. The molecule has 2 unspecified atom stereocenters. The second-order valence-electron chi connectivity index (χ2n) is 8.34. The molecular weight excluding hydrogens is 580 g/mol. The van der Waals surface area contributed by atoms with Crippen LogP contribution in [0.25, 0.3) is 20.4 Å². The number of hydrogen-bond donors (Lipinski definition) is 0. The van der Waals surface area contributed by atoms with Gasteiger partial charge in [0, 0.05) is 11.9 Å². The van der Waals surface area contributed by atoms with Gasteiger partial charge >= 0.3 is 0 Å². The second kappa shape index (κ2) is 12.5. The number of nitriles is 2. The highest BCUT2D eigenvalue weighted by atomic mass is 35.5. The van der Waals surface area contributed by atoms with Crippen molar-refractivity contribution in [1.29, 1.82) is 10.5 Å². The fraction of sp³-hybridized carbons (Fsp3) is 0.143. The van der Waals surface area contributed by atoms with E-state index in [0.717, 1.165) is 36.1 Å². The first kappa shape index (κ1) is 27.6. The van der Waals surface area contributed by atoms with Crippen molar-refractivity contribution in [3.8, 4) is 12.1 Å². The molecule has 196 valence electrons. The maximum atomic E-state index is 9.47. The summed E-state index contributed by atoms with van der Waals surface area (Å²) in [7, 11) is 0. The molecule has 12 heteroatoms. The number of halogens is 1. The van der Waals surface area contributed by atoms with E-state index in [9.17, 15) is 10.5 Å². The molecule has 0 saturated carbocycles. The van der Waals surface area contributed by atoms with Gasteiger partial charge in [0.25, 0.3) is 0 Å². The van der Waals surface area contributed by atoms with E-state index < -0.39 is 11.8 Å². The highest BCUT2D eigenvalue weighted by Gasteiger charge is 2.21. The van der Waals surface area contributed by atoms with Gasteiger partial charge in [-0.3, -0.25) is 0 Å². The van der Waals surface area contributed by atoms with E-state index >= 15 is 0 Å². The number of para-hydroxylation sites is 2.